The number of hydrogen-bond donors (Lipinski definition) is 1. The van der Waals surface area contributed by atoms with Crippen LogP contribution >= 0.6 is 11.6 Å². The number of imidazole rings is 1. The number of aromatic nitrogens is 3. The summed E-state index contributed by atoms with van der Waals surface area (Å²) in [6, 6.07) is 4.32. The molecule has 1 aromatic carbocycles. The normalized spacial score (nSPS) is 12.4. The monoisotopic (exact) mass is 463 g/mol. The Morgan fingerprint density at radius 3 is 2.75 bits per heavy atom. The number of carbonyl (C=O) groups excluding carboxylic acids is 2. The molecule has 2 aromatic heterocycles. The van der Waals surface area contributed by atoms with Crippen LogP contribution in [0.5, 0.6) is 5.88 Å². The maximum Gasteiger partial charge on any atom is 0.408 e. The number of fused-ring (bicyclic) bond motifs is 1. The van der Waals surface area contributed by atoms with Crippen molar-refractivity contribution in [1.82, 2.24) is 24.9 Å². The highest BCUT2D eigenvalue weighted by Crippen LogP contribution is 2.27. The van der Waals surface area contributed by atoms with Crippen molar-refractivity contribution in [2.45, 2.75) is 38.8 Å². The van der Waals surface area contributed by atoms with Crippen molar-refractivity contribution in [3.8, 4) is 5.88 Å². The van der Waals surface area contributed by atoms with Crippen molar-refractivity contribution in [3.63, 3.8) is 0 Å². The Kier molecular flexibility index (Phi) is 6.93. The van der Waals surface area contributed by atoms with E-state index in [0.717, 1.165) is 0 Å². The smallest absolute Gasteiger partial charge is 0.408 e. The van der Waals surface area contributed by atoms with Crippen LogP contribution in [0, 0.1) is 0 Å². The van der Waals surface area contributed by atoms with Gasteiger partial charge in [-0.05, 0) is 44.1 Å². The van der Waals surface area contributed by atoms with Crippen molar-refractivity contribution in [3.05, 3.63) is 41.4 Å². The molecular formula is C21H26ClN5O5. The summed E-state index contributed by atoms with van der Waals surface area (Å²) >= 11 is 6.06. The molecule has 0 saturated heterocycles. The summed E-state index contributed by atoms with van der Waals surface area (Å²) in [5.74, 6) is 0.256. The molecule has 3 rings (SSSR count). The Hall–Kier alpha value is -3.27. The van der Waals surface area contributed by atoms with E-state index in [1.807, 2.05) is 0 Å². The average Bonchev–Trinajstić information content (AvgIpc) is 3.30. The lowest BCUT2D eigenvalue weighted by Gasteiger charge is -2.23. The highest BCUT2D eigenvalue weighted by molar-refractivity contribution is 6.31. The number of alkyl carbamates (subject to hydrolysis) is 1. The Labute approximate surface area is 190 Å². The number of amides is 2. The standard InChI is InChI=1S/C21H26ClN5O5/c1-21(2,3)31-19(28)24-15(9-14-10-27(12-23-14)20(29)26(4)5)11-30-18-16-8-13(22)6-7-17(16)32-25-18/h6-8,10,12,15H,9,11H2,1-5H3,(H,24,28). The summed E-state index contributed by atoms with van der Waals surface area (Å²) in [6.07, 6.45) is 2.74. The molecule has 0 bridgehead atoms. The van der Waals surface area contributed by atoms with Crippen molar-refractivity contribution in [2.75, 3.05) is 20.7 Å². The summed E-state index contributed by atoms with van der Waals surface area (Å²) < 4.78 is 17.8. The molecule has 0 fully saturated rings. The highest BCUT2D eigenvalue weighted by Gasteiger charge is 2.22. The first-order valence-electron chi connectivity index (χ1n) is 9.93. The number of carbonyl (C=O) groups is 2. The molecule has 2 amide bonds. The Morgan fingerprint density at radius 1 is 1.31 bits per heavy atom. The summed E-state index contributed by atoms with van der Waals surface area (Å²) in [7, 11) is 3.30. The first-order valence-corrected chi connectivity index (χ1v) is 10.3. The molecule has 1 N–H and O–H groups in total. The minimum absolute atomic E-state index is 0.0574. The molecule has 0 aliphatic heterocycles. The first-order chi connectivity index (χ1) is 15.0. The fourth-order valence-corrected chi connectivity index (χ4v) is 3.03. The van der Waals surface area contributed by atoms with E-state index in [1.165, 1.54) is 15.8 Å². The minimum Gasteiger partial charge on any atom is -0.473 e. The van der Waals surface area contributed by atoms with Gasteiger partial charge < -0.3 is 24.2 Å². The van der Waals surface area contributed by atoms with Crippen LogP contribution in [0.1, 0.15) is 26.5 Å². The number of hydrogen-bond acceptors (Lipinski definition) is 7. The number of benzene rings is 1. The Bertz CT molecular complexity index is 1100. The van der Waals surface area contributed by atoms with Gasteiger partial charge in [0.15, 0.2) is 5.58 Å². The van der Waals surface area contributed by atoms with E-state index in [9.17, 15) is 9.59 Å². The van der Waals surface area contributed by atoms with Crippen LogP contribution < -0.4 is 10.1 Å². The molecular weight excluding hydrogens is 438 g/mol. The van der Waals surface area contributed by atoms with E-state index in [2.05, 4.69) is 15.5 Å². The maximum atomic E-state index is 12.4. The van der Waals surface area contributed by atoms with Gasteiger partial charge in [0.1, 0.15) is 18.5 Å². The van der Waals surface area contributed by atoms with Gasteiger partial charge in [-0.2, -0.15) is 0 Å². The van der Waals surface area contributed by atoms with Crippen molar-refractivity contribution in [1.29, 1.82) is 0 Å². The third-order valence-electron chi connectivity index (χ3n) is 4.24. The summed E-state index contributed by atoms with van der Waals surface area (Å²) in [4.78, 5) is 30.2. The van der Waals surface area contributed by atoms with Crippen molar-refractivity contribution < 1.29 is 23.6 Å². The summed E-state index contributed by atoms with van der Waals surface area (Å²) in [5, 5.41) is 7.86. The van der Waals surface area contributed by atoms with Crippen LogP contribution in [0.2, 0.25) is 5.02 Å². The molecule has 0 spiro atoms. The van der Waals surface area contributed by atoms with Crippen molar-refractivity contribution >= 4 is 34.7 Å². The SMILES string of the molecule is CN(C)C(=O)n1cnc(CC(COc2noc3ccc(Cl)cc23)NC(=O)OC(C)(C)C)c1. The van der Waals surface area contributed by atoms with Gasteiger partial charge in [-0.15, -0.1) is 0 Å². The zero-order valence-corrected chi connectivity index (χ0v) is 19.3. The summed E-state index contributed by atoms with van der Waals surface area (Å²) in [6.45, 7) is 5.38. The van der Waals surface area contributed by atoms with E-state index in [4.69, 9.17) is 25.6 Å². The second-order valence-corrected chi connectivity index (χ2v) is 8.87. The molecule has 3 aromatic rings. The number of rotatable bonds is 6. The number of halogens is 1. The van der Waals surface area contributed by atoms with Crippen LogP contribution in [0.3, 0.4) is 0 Å². The number of nitrogens with one attached hydrogen (secondary N) is 1. The van der Waals surface area contributed by atoms with E-state index in [-0.39, 0.29) is 18.5 Å². The van der Waals surface area contributed by atoms with Crippen LogP contribution in [0.15, 0.2) is 35.2 Å². The summed E-state index contributed by atoms with van der Waals surface area (Å²) in [5.41, 5.74) is 0.466. The van der Waals surface area contributed by atoms with Gasteiger partial charge in [-0.1, -0.05) is 11.6 Å². The van der Waals surface area contributed by atoms with Gasteiger partial charge in [0, 0.05) is 31.7 Å². The second kappa shape index (κ2) is 9.47. The van der Waals surface area contributed by atoms with Gasteiger partial charge in [0.25, 0.3) is 5.88 Å². The molecule has 11 heteroatoms. The minimum atomic E-state index is -0.658. The molecule has 2 heterocycles. The molecule has 1 unspecified atom stereocenters. The molecule has 0 aliphatic carbocycles. The number of nitrogens with zero attached hydrogens (tertiary/aromatic N) is 4. The molecule has 10 nitrogen and oxygen atoms in total. The molecule has 172 valence electrons. The Balaban J connectivity index is 1.75. The van der Waals surface area contributed by atoms with Crippen LogP contribution in [-0.2, 0) is 11.2 Å². The first kappa shape index (κ1) is 23.4. The highest BCUT2D eigenvalue weighted by atomic mass is 35.5. The van der Waals surface area contributed by atoms with Gasteiger partial charge in [0.2, 0.25) is 0 Å². The third-order valence-corrected chi connectivity index (χ3v) is 4.47. The van der Waals surface area contributed by atoms with Gasteiger partial charge in [-0.25, -0.2) is 14.6 Å². The van der Waals surface area contributed by atoms with Gasteiger partial charge in [0.05, 0.1) is 17.1 Å². The quantitative estimate of drug-likeness (QED) is 0.592. The topological polar surface area (TPSA) is 112 Å². The van der Waals surface area contributed by atoms with Gasteiger partial charge >= 0.3 is 12.1 Å². The lowest BCUT2D eigenvalue weighted by Crippen LogP contribution is -2.43. The lowest BCUT2D eigenvalue weighted by molar-refractivity contribution is 0.0486. The van der Waals surface area contributed by atoms with E-state index in [0.29, 0.717) is 28.1 Å². The second-order valence-electron chi connectivity index (χ2n) is 8.44. The van der Waals surface area contributed by atoms with Crippen LogP contribution in [0.4, 0.5) is 9.59 Å². The van der Waals surface area contributed by atoms with Crippen LogP contribution in [-0.4, -0.2) is 64.1 Å². The van der Waals surface area contributed by atoms with Crippen molar-refractivity contribution in [2.24, 2.45) is 0 Å². The Morgan fingerprint density at radius 2 is 2.06 bits per heavy atom. The van der Waals surface area contributed by atoms with E-state index < -0.39 is 17.7 Å². The molecule has 0 saturated carbocycles. The predicted octanol–water partition coefficient (Wildman–Crippen LogP) is 3.72. The van der Waals surface area contributed by atoms with Gasteiger partial charge in [-0.3, -0.25) is 4.57 Å². The average molecular weight is 464 g/mol. The molecule has 0 radical (unpaired) electrons. The zero-order chi connectivity index (χ0) is 23.5. The predicted molar refractivity (Wildman–Crippen MR) is 118 cm³/mol. The molecule has 0 aliphatic rings. The maximum absolute atomic E-state index is 12.4. The molecule has 32 heavy (non-hydrogen) atoms. The number of ether oxygens (including phenoxy) is 2. The largest absolute Gasteiger partial charge is 0.473 e. The lowest BCUT2D eigenvalue weighted by atomic mass is 10.2. The zero-order valence-electron chi connectivity index (χ0n) is 18.6. The fraction of sp³-hybridized carbons (Fsp3) is 0.429. The fourth-order valence-electron chi connectivity index (χ4n) is 2.86. The van der Waals surface area contributed by atoms with E-state index in [1.54, 1.807) is 59.3 Å². The van der Waals surface area contributed by atoms with Crippen LogP contribution in [0.25, 0.3) is 11.0 Å². The molecule has 1 atom stereocenters. The third kappa shape index (κ3) is 6.13. The van der Waals surface area contributed by atoms with E-state index >= 15 is 0 Å².